The van der Waals surface area contributed by atoms with Gasteiger partial charge in [-0.25, -0.2) is 13.5 Å². The summed E-state index contributed by atoms with van der Waals surface area (Å²) in [5.41, 5.74) is 3.40. The Morgan fingerprint density at radius 3 is 2.60 bits per heavy atom. The van der Waals surface area contributed by atoms with Crippen molar-refractivity contribution in [3.05, 3.63) is 70.5 Å². The molecule has 0 aliphatic heterocycles. The van der Waals surface area contributed by atoms with Crippen LogP contribution in [0.2, 0.25) is 0 Å². The SMILES string of the molecule is Cc1cccc(-n2nnc(C(=O)Nc3ccc(F)cc3F)c2C)c1C. The molecule has 3 aromatic rings. The number of rotatable bonds is 3. The zero-order chi connectivity index (χ0) is 18.1. The van der Waals surface area contributed by atoms with E-state index in [4.69, 9.17) is 0 Å². The maximum absolute atomic E-state index is 13.7. The zero-order valence-corrected chi connectivity index (χ0v) is 14.0. The molecule has 0 spiro atoms. The van der Waals surface area contributed by atoms with Gasteiger partial charge in [-0.1, -0.05) is 17.3 Å². The van der Waals surface area contributed by atoms with Crippen LogP contribution in [-0.4, -0.2) is 20.9 Å². The van der Waals surface area contributed by atoms with Crippen molar-refractivity contribution in [3.63, 3.8) is 0 Å². The third-order valence-corrected chi connectivity index (χ3v) is 4.09. The monoisotopic (exact) mass is 342 g/mol. The van der Waals surface area contributed by atoms with Crippen LogP contribution >= 0.6 is 0 Å². The molecular formula is C18H16F2N4O. The van der Waals surface area contributed by atoms with Crippen LogP contribution in [0.3, 0.4) is 0 Å². The maximum atomic E-state index is 13.7. The fourth-order valence-corrected chi connectivity index (χ4v) is 2.51. The van der Waals surface area contributed by atoms with Crippen LogP contribution in [0, 0.1) is 32.4 Å². The van der Waals surface area contributed by atoms with Gasteiger partial charge in [0.25, 0.3) is 5.91 Å². The highest BCUT2D eigenvalue weighted by molar-refractivity contribution is 6.03. The topological polar surface area (TPSA) is 59.8 Å². The normalized spacial score (nSPS) is 10.8. The fraction of sp³-hybridized carbons (Fsp3) is 0.167. The average Bonchev–Trinajstić information content (AvgIpc) is 2.94. The minimum atomic E-state index is -0.854. The molecular weight excluding hydrogens is 326 g/mol. The van der Waals surface area contributed by atoms with Crippen molar-refractivity contribution in [2.75, 3.05) is 5.32 Å². The molecule has 0 radical (unpaired) electrons. The van der Waals surface area contributed by atoms with Gasteiger partial charge in [0.2, 0.25) is 0 Å². The molecule has 3 rings (SSSR count). The second-order valence-electron chi connectivity index (χ2n) is 5.73. The molecule has 1 aromatic heterocycles. The number of aryl methyl sites for hydroxylation is 1. The number of anilines is 1. The van der Waals surface area contributed by atoms with Gasteiger partial charge in [0.15, 0.2) is 5.69 Å². The highest BCUT2D eigenvalue weighted by Crippen LogP contribution is 2.20. The van der Waals surface area contributed by atoms with Crippen LogP contribution in [0.5, 0.6) is 0 Å². The molecule has 0 bridgehead atoms. The Balaban J connectivity index is 1.93. The Bertz CT molecular complexity index is 966. The number of carbonyl (C=O) groups excluding carboxylic acids is 1. The molecule has 1 heterocycles. The second-order valence-corrected chi connectivity index (χ2v) is 5.73. The van der Waals surface area contributed by atoms with Gasteiger partial charge < -0.3 is 5.32 Å². The van der Waals surface area contributed by atoms with Gasteiger partial charge in [-0.2, -0.15) is 0 Å². The highest BCUT2D eigenvalue weighted by atomic mass is 19.1. The van der Waals surface area contributed by atoms with Gasteiger partial charge in [-0.3, -0.25) is 4.79 Å². The second kappa shape index (κ2) is 6.43. The van der Waals surface area contributed by atoms with Crippen molar-refractivity contribution in [2.45, 2.75) is 20.8 Å². The molecule has 0 saturated heterocycles. The summed E-state index contributed by atoms with van der Waals surface area (Å²) in [6.07, 6.45) is 0. The first-order valence-corrected chi connectivity index (χ1v) is 7.63. The fourth-order valence-electron chi connectivity index (χ4n) is 2.51. The summed E-state index contributed by atoms with van der Waals surface area (Å²) < 4.78 is 28.2. The Morgan fingerprint density at radius 1 is 1.12 bits per heavy atom. The Labute approximate surface area is 143 Å². The van der Waals surface area contributed by atoms with Crippen molar-refractivity contribution in [1.82, 2.24) is 15.0 Å². The standard InChI is InChI=1S/C18H16F2N4O/c1-10-5-4-6-16(11(10)2)24-12(3)17(22-23-24)18(25)21-15-8-7-13(19)9-14(15)20/h4-9H,1-3H3,(H,21,25). The van der Waals surface area contributed by atoms with Gasteiger partial charge in [-0.05, 0) is 50.1 Å². The average molecular weight is 342 g/mol. The largest absolute Gasteiger partial charge is 0.318 e. The van der Waals surface area contributed by atoms with E-state index in [1.54, 1.807) is 11.6 Å². The smallest absolute Gasteiger partial charge is 0.278 e. The molecule has 5 nitrogen and oxygen atoms in total. The molecule has 25 heavy (non-hydrogen) atoms. The van der Waals surface area contributed by atoms with Gasteiger partial charge in [-0.15, -0.1) is 5.10 Å². The summed E-state index contributed by atoms with van der Waals surface area (Å²) >= 11 is 0. The molecule has 0 unspecified atom stereocenters. The number of nitrogens with one attached hydrogen (secondary N) is 1. The lowest BCUT2D eigenvalue weighted by molar-refractivity contribution is 0.102. The molecule has 0 aliphatic rings. The number of benzene rings is 2. The van der Waals surface area contributed by atoms with E-state index in [9.17, 15) is 13.6 Å². The van der Waals surface area contributed by atoms with Crippen molar-refractivity contribution >= 4 is 11.6 Å². The molecule has 0 aliphatic carbocycles. The van der Waals surface area contributed by atoms with E-state index < -0.39 is 17.5 Å². The molecule has 7 heteroatoms. The lowest BCUT2D eigenvalue weighted by Crippen LogP contribution is -2.15. The first-order valence-electron chi connectivity index (χ1n) is 7.63. The number of hydrogen-bond acceptors (Lipinski definition) is 3. The maximum Gasteiger partial charge on any atom is 0.278 e. The Morgan fingerprint density at radius 2 is 1.88 bits per heavy atom. The van der Waals surface area contributed by atoms with Crippen LogP contribution < -0.4 is 5.32 Å². The Kier molecular flexibility index (Phi) is 4.31. The number of aromatic nitrogens is 3. The van der Waals surface area contributed by atoms with Gasteiger partial charge >= 0.3 is 0 Å². The molecule has 128 valence electrons. The minimum absolute atomic E-state index is 0.0737. The zero-order valence-electron chi connectivity index (χ0n) is 14.0. The Hall–Kier alpha value is -3.09. The van der Waals surface area contributed by atoms with Crippen LogP contribution in [-0.2, 0) is 0 Å². The van der Waals surface area contributed by atoms with E-state index in [1.807, 2.05) is 32.0 Å². The lowest BCUT2D eigenvalue weighted by Gasteiger charge is -2.09. The van der Waals surface area contributed by atoms with Gasteiger partial charge in [0.1, 0.15) is 11.6 Å². The van der Waals surface area contributed by atoms with Crippen LogP contribution in [0.25, 0.3) is 5.69 Å². The first-order chi connectivity index (χ1) is 11.9. The summed E-state index contributed by atoms with van der Waals surface area (Å²) in [5.74, 6) is -2.18. The predicted octanol–water partition coefficient (Wildman–Crippen LogP) is 3.72. The summed E-state index contributed by atoms with van der Waals surface area (Å²) in [5, 5.41) is 10.3. The van der Waals surface area contributed by atoms with E-state index >= 15 is 0 Å². The van der Waals surface area contributed by atoms with E-state index in [2.05, 4.69) is 15.6 Å². The highest BCUT2D eigenvalue weighted by Gasteiger charge is 2.19. The van der Waals surface area contributed by atoms with E-state index in [-0.39, 0.29) is 11.4 Å². The van der Waals surface area contributed by atoms with Crippen LogP contribution in [0.4, 0.5) is 14.5 Å². The van der Waals surface area contributed by atoms with Gasteiger partial charge in [0.05, 0.1) is 17.1 Å². The predicted molar refractivity (Wildman–Crippen MR) is 89.9 cm³/mol. The lowest BCUT2D eigenvalue weighted by atomic mass is 10.1. The molecule has 0 saturated carbocycles. The number of amides is 1. The van der Waals surface area contributed by atoms with Crippen LogP contribution in [0.1, 0.15) is 27.3 Å². The number of nitrogens with zero attached hydrogens (tertiary/aromatic N) is 3. The third kappa shape index (κ3) is 3.13. The summed E-state index contributed by atoms with van der Waals surface area (Å²) in [6.45, 7) is 5.65. The van der Waals surface area contributed by atoms with Crippen molar-refractivity contribution in [2.24, 2.45) is 0 Å². The quantitative estimate of drug-likeness (QED) is 0.789. The summed E-state index contributed by atoms with van der Waals surface area (Å²) in [7, 11) is 0. The van der Waals surface area contributed by atoms with E-state index in [0.29, 0.717) is 11.8 Å². The van der Waals surface area contributed by atoms with E-state index in [0.717, 1.165) is 28.9 Å². The minimum Gasteiger partial charge on any atom is -0.318 e. The van der Waals surface area contributed by atoms with Gasteiger partial charge in [0, 0.05) is 6.07 Å². The van der Waals surface area contributed by atoms with Crippen molar-refractivity contribution in [1.29, 1.82) is 0 Å². The first kappa shape index (κ1) is 16.8. The number of carbonyl (C=O) groups is 1. The molecule has 1 amide bonds. The molecule has 1 N–H and O–H groups in total. The summed E-state index contributed by atoms with van der Waals surface area (Å²) in [6, 6.07) is 8.69. The van der Waals surface area contributed by atoms with Crippen LogP contribution in [0.15, 0.2) is 36.4 Å². The van der Waals surface area contributed by atoms with Crippen molar-refractivity contribution < 1.29 is 13.6 Å². The van der Waals surface area contributed by atoms with Crippen molar-refractivity contribution in [3.8, 4) is 5.69 Å². The summed E-state index contributed by atoms with van der Waals surface area (Å²) in [4.78, 5) is 12.4. The molecule has 0 atom stereocenters. The molecule has 2 aromatic carbocycles. The third-order valence-electron chi connectivity index (χ3n) is 4.09. The molecule has 0 fully saturated rings. The number of halogens is 2. The number of hydrogen-bond donors (Lipinski definition) is 1. The van der Waals surface area contributed by atoms with E-state index in [1.165, 1.54) is 0 Å².